The van der Waals surface area contributed by atoms with Crippen LogP contribution in [0.25, 0.3) is 49.9 Å². The summed E-state index contributed by atoms with van der Waals surface area (Å²) in [6.45, 7) is 0. The Morgan fingerprint density at radius 3 is 1.55 bits per heavy atom. The Balaban J connectivity index is 0.000000199. The van der Waals surface area contributed by atoms with E-state index < -0.39 is 20.0 Å². The number of nitrogens with zero attached hydrogens (tertiary/aromatic N) is 8. The molecule has 0 amide bonds. The molecule has 2 aliphatic rings. The predicted octanol–water partition coefficient (Wildman–Crippen LogP) is 10.2. The van der Waals surface area contributed by atoms with E-state index in [0.717, 1.165) is 58.5 Å². The Morgan fingerprint density at radius 1 is 0.578 bits per heavy atom. The predicted molar refractivity (Wildman–Crippen MR) is 256 cm³/mol. The summed E-state index contributed by atoms with van der Waals surface area (Å²) in [5, 5.41) is 17.2. The highest BCUT2D eigenvalue weighted by Gasteiger charge is 2.26. The number of aliphatic hydroxyl groups is 1. The Labute approximate surface area is 376 Å². The smallest absolute Gasteiger partial charge is 0.269 e. The van der Waals surface area contributed by atoms with Crippen LogP contribution in [0.3, 0.4) is 0 Å². The van der Waals surface area contributed by atoms with Crippen molar-refractivity contribution in [2.75, 3.05) is 7.11 Å². The van der Waals surface area contributed by atoms with Crippen LogP contribution >= 0.6 is 0 Å². The summed E-state index contributed by atoms with van der Waals surface area (Å²) < 4.78 is 59.6. The van der Waals surface area contributed by atoms with Crippen LogP contribution in [0, 0.1) is 0 Å². The van der Waals surface area contributed by atoms with Crippen molar-refractivity contribution in [3.8, 4) is 22.3 Å². The van der Waals surface area contributed by atoms with E-state index in [2.05, 4.69) is 38.4 Å². The van der Waals surface area contributed by atoms with E-state index in [-0.39, 0.29) is 24.6 Å². The van der Waals surface area contributed by atoms with Gasteiger partial charge in [-0.25, -0.2) is 34.7 Å². The van der Waals surface area contributed by atoms with Crippen molar-refractivity contribution in [2.45, 2.75) is 88.3 Å². The van der Waals surface area contributed by atoms with Crippen molar-refractivity contribution in [3.05, 3.63) is 140 Å². The zero-order valence-corrected chi connectivity index (χ0v) is 36.7. The summed E-state index contributed by atoms with van der Waals surface area (Å²) in [4.78, 5) is 9.76. The Kier molecular flexibility index (Phi) is 14.9. The minimum absolute atomic E-state index is 0. The number of pyridine rings is 2. The molecule has 1 N–H and O–H groups in total. The molecule has 2 aliphatic carbocycles. The molecule has 0 radical (unpaired) electrons. The van der Waals surface area contributed by atoms with Crippen LogP contribution in [0.4, 0.5) is 0 Å². The number of hydrogen-bond acceptors (Lipinski definition) is 9. The van der Waals surface area contributed by atoms with Crippen LogP contribution in [0.2, 0.25) is 0 Å². The van der Waals surface area contributed by atoms with E-state index in [1.807, 2.05) is 38.8 Å². The fourth-order valence-electron chi connectivity index (χ4n) is 8.47. The first kappa shape index (κ1) is 47.3. The van der Waals surface area contributed by atoms with Gasteiger partial charge in [0, 0.05) is 91.4 Å². The number of fused-ring (bicyclic) bond motifs is 2. The number of hydrogen-bond donors (Lipinski definition) is 1. The second-order valence-electron chi connectivity index (χ2n) is 15.7. The Bertz CT molecular complexity index is 3090. The van der Waals surface area contributed by atoms with Crippen molar-refractivity contribution in [2.24, 2.45) is 14.1 Å². The molecule has 0 aliphatic heterocycles. The summed E-state index contributed by atoms with van der Waals surface area (Å²) in [5.41, 5.74) is 7.81. The molecular formula is C49H58N8O5S2. The van der Waals surface area contributed by atoms with E-state index in [4.69, 9.17) is 5.11 Å². The van der Waals surface area contributed by atoms with Gasteiger partial charge in [0.2, 0.25) is 0 Å². The lowest BCUT2D eigenvalue weighted by molar-refractivity contribution is 0.399. The first-order valence-electron chi connectivity index (χ1n) is 20.8. The zero-order chi connectivity index (χ0) is 43.4. The van der Waals surface area contributed by atoms with E-state index in [9.17, 15) is 16.8 Å². The van der Waals surface area contributed by atoms with Crippen LogP contribution < -0.4 is 0 Å². The largest absolute Gasteiger partial charge is 0.400 e. The molecule has 15 heteroatoms. The van der Waals surface area contributed by atoms with Crippen molar-refractivity contribution in [1.29, 1.82) is 0 Å². The molecule has 6 aromatic heterocycles. The van der Waals surface area contributed by atoms with Gasteiger partial charge < -0.3 is 5.11 Å². The second-order valence-corrected chi connectivity index (χ2v) is 19.3. The molecule has 0 bridgehead atoms. The van der Waals surface area contributed by atoms with Gasteiger partial charge in [-0.3, -0.25) is 9.36 Å². The minimum Gasteiger partial charge on any atom is -0.400 e. The van der Waals surface area contributed by atoms with Crippen LogP contribution in [0.5, 0.6) is 0 Å². The van der Waals surface area contributed by atoms with Crippen LogP contribution in [-0.4, -0.2) is 66.5 Å². The molecule has 0 saturated heterocycles. The molecule has 0 atom stereocenters. The van der Waals surface area contributed by atoms with E-state index >= 15 is 0 Å². The fraction of sp³-hybridized carbons (Fsp3) is 0.306. The summed E-state index contributed by atoms with van der Waals surface area (Å²) in [6, 6.07) is 21.2. The maximum atomic E-state index is 13.4. The average Bonchev–Trinajstić information content (AvgIpc) is 4.13. The molecule has 6 heterocycles. The van der Waals surface area contributed by atoms with Crippen LogP contribution in [0.1, 0.15) is 89.7 Å². The van der Waals surface area contributed by atoms with Crippen LogP contribution in [-0.2, 0) is 34.1 Å². The monoisotopic (exact) mass is 902 g/mol. The van der Waals surface area contributed by atoms with Gasteiger partial charge >= 0.3 is 0 Å². The van der Waals surface area contributed by atoms with Gasteiger partial charge in [0.25, 0.3) is 20.0 Å². The van der Waals surface area contributed by atoms with Gasteiger partial charge in [-0.05, 0) is 97.5 Å². The topological polar surface area (TPSA) is 160 Å². The van der Waals surface area contributed by atoms with E-state index in [0.29, 0.717) is 17.2 Å². The maximum absolute atomic E-state index is 13.4. The standard InChI is InChI=1S/C23H24N4O2S.C23H22N4O2S.CH4O.2CH4/c2*1-26-15-19(14-25-26)22-16-27(30(28,29)20-10-6-3-7-11-20)23-21(22)12-18(13-24-23)17-8-4-2-5-9-17;1-2;;/h3,6-7,10-17H,2,4-5,8-9H2,1H3;3,6-8,10-16H,2,4-5,9H2,1H3;2H,1H3;2*1H4. The fourth-order valence-corrected chi connectivity index (χ4v) is 11.2. The molecule has 1 saturated carbocycles. The zero-order valence-electron chi connectivity index (χ0n) is 35.0. The minimum atomic E-state index is -3.77. The molecule has 10 rings (SSSR count). The van der Waals surface area contributed by atoms with E-state index in [1.165, 1.54) is 64.0 Å². The third-order valence-corrected chi connectivity index (χ3v) is 14.9. The number of aromatic nitrogens is 8. The van der Waals surface area contributed by atoms with Crippen molar-refractivity contribution < 1.29 is 21.9 Å². The molecule has 0 spiro atoms. The lowest BCUT2D eigenvalue weighted by Crippen LogP contribution is -2.12. The lowest BCUT2D eigenvalue weighted by atomic mass is 9.84. The highest BCUT2D eigenvalue weighted by Crippen LogP contribution is 2.38. The quantitative estimate of drug-likeness (QED) is 0.157. The summed E-state index contributed by atoms with van der Waals surface area (Å²) in [7, 11) is -2.82. The highest BCUT2D eigenvalue weighted by molar-refractivity contribution is 7.90. The first-order chi connectivity index (χ1) is 30.1. The summed E-state index contributed by atoms with van der Waals surface area (Å²) >= 11 is 0. The van der Waals surface area contributed by atoms with E-state index in [1.54, 1.807) is 94.9 Å². The SMILES string of the molecule is C.C.CO.Cn1cc(-c2cn(S(=O)(=O)c3ccccc3)c3ncc(C4=CCCCC4)cc23)cn1.Cn1cc(-c2cn(S(=O)(=O)c3ccccc3)c3ncc(C4CCCCC4)cc23)cn1. The molecule has 1 fully saturated rings. The van der Waals surface area contributed by atoms with Gasteiger partial charge in [0.1, 0.15) is 0 Å². The number of aryl methyl sites for hydroxylation is 2. The molecule has 0 unspecified atom stereocenters. The third-order valence-electron chi connectivity index (χ3n) is 11.6. The average molecular weight is 903 g/mol. The maximum Gasteiger partial charge on any atom is 0.269 e. The number of rotatable bonds is 8. The number of benzene rings is 2. The van der Waals surface area contributed by atoms with Crippen LogP contribution in [0.15, 0.2) is 138 Å². The summed E-state index contributed by atoms with van der Waals surface area (Å²) in [5.74, 6) is 0.492. The second kappa shape index (κ2) is 20.1. The van der Waals surface area contributed by atoms with Gasteiger partial charge in [-0.1, -0.05) is 76.6 Å². The van der Waals surface area contributed by atoms with Gasteiger partial charge in [0.15, 0.2) is 11.3 Å². The molecule has 8 aromatic rings. The van der Waals surface area contributed by atoms with Crippen molar-refractivity contribution in [1.82, 2.24) is 37.5 Å². The highest BCUT2D eigenvalue weighted by atomic mass is 32.2. The molecule has 2 aromatic carbocycles. The van der Waals surface area contributed by atoms with Gasteiger partial charge in [-0.15, -0.1) is 0 Å². The van der Waals surface area contributed by atoms with Gasteiger partial charge in [-0.2, -0.15) is 10.2 Å². The molecule has 13 nitrogen and oxygen atoms in total. The molecule has 64 heavy (non-hydrogen) atoms. The normalized spacial score (nSPS) is 14.3. The van der Waals surface area contributed by atoms with Gasteiger partial charge in [0.05, 0.1) is 22.2 Å². The molecular weight excluding hydrogens is 845 g/mol. The first-order valence-corrected chi connectivity index (χ1v) is 23.7. The lowest BCUT2D eigenvalue weighted by Gasteiger charge is -2.21. The summed E-state index contributed by atoms with van der Waals surface area (Å²) in [6.07, 6.45) is 27.2. The Hall–Kier alpha value is -6.16. The third kappa shape index (κ3) is 9.37. The number of allylic oxidation sites excluding steroid dienone is 2. The number of aliphatic hydroxyl groups excluding tert-OH is 1. The van der Waals surface area contributed by atoms with Crippen molar-refractivity contribution in [3.63, 3.8) is 0 Å². The Morgan fingerprint density at radius 2 is 1.08 bits per heavy atom. The molecule has 336 valence electrons. The van der Waals surface area contributed by atoms with Crippen molar-refractivity contribution >= 4 is 47.7 Å².